The zero-order valence-corrected chi connectivity index (χ0v) is 14.5. The van der Waals surface area contributed by atoms with Gasteiger partial charge in [0.05, 0.1) is 36.1 Å². The van der Waals surface area contributed by atoms with E-state index in [-0.39, 0.29) is 12.3 Å². The van der Waals surface area contributed by atoms with Crippen LogP contribution in [-0.4, -0.2) is 26.4 Å². The van der Waals surface area contributed by atoms with E-state index in [0.717, 1.165) is 5.56 Å². The number of halogens is 1. The van der Waals surface area contributed by atoms with Crippen molar-refractivity contribution in [2.24, 2.45) is 5.73 Å². The number of hydrogen-bond donors (Lipinski definition) is 3. The van der Waals surface area contributed by atoms with Gasteiger partial charge in [0.15, 0.2) is 0 Å². The molecule has 0 bridgehead atoms. The first-order valence-corrected chi connectivity index (χ1v) is 8.54. The highest BCUT2D eigenvalue weighted by Crippen LogP contribution is 2.24. The lowest BCUT2D eigenvalue weighted by Gasteiger charge is -2.18. The minimum atomic E-state index is -0.591. The van der Waals surface area contributed by atoms with E-state index in [1.165, 1.54) is 17.7 Å². The fourth-order valence-corrected chi connectivity index (χ4v) is 3.15. The van der Waals surface area contributed by atoms with Gasteiger partial charge in [-0.3, -0.25) is 14.7 Å². The molecule has 2 aromatic heterocycles. The Labute approximate surface area is 152 Å². The summed E-state index contributed by atoms with van der Waals surface area (Å²) in [5, 5.41) is 11.9. The number of nitrogens with two attached hydrogens (primary N) is 1. The van der Waals surface area contributed by atoms with Crippen LogP contribution in [0.2, 0.25) is 5.02 Å². The lowest BCUT2D eigenvalue weighted by molar-refractivity contribution is -0.118. The van der Waals surface area contributed by atoms with Crippen LogP contribution in [0.1, 0.15) is 28.4 Å². The number of amides is 2. The van der Waals surface area contributed by atoms with E-state index in [4.69, 9.17) is 17.3 Å². The van der Waals surface area contributed by atoms with E-state index in [1.807, 2.05) is 5.38 Å². The SMILES string of the molecule is NC(=O)C[C@H](NC(=O)c1cn[nH]c1-c1cnsc1)c1cccc(Cl)c1. The van der Waals surface area contributed by atoms with Crippen molar-refractivity contribution in [1.82, 2.24) is 19.9 Å². The van der Waals surface area contributed by atoms with Gasteiger partial charge in [-0.15, -0.1) is 0 Å². The Kier molecular flexibility index (Phi) is 5.11. The van der Waals surface area contributed by atoms with Crippen molar-refractivity contribution in [3.63, 3.8) is 0 Å². The summed E-state index contributed by atoms with van der Waals surface area (Å²) in [7, 11) is 0. The van der Waals surface area contributed by atoms with Crippen LogP contribution in [0, 0.1) is 0 Å². The molecule has 0 saturated carbocycles. The monoisotopic (exact) mass is 375 g/mol. The molecule has 1 atom stereocenters. The molecule has 3 rings (SSSR count). The third-order valence-electron chi connectivity index (χ3n) is 3.57. The summed E-state index contributed by atoms with van der Waals surface area (Å²) < 4.78 is 4.02. The summed E-state index contributed by atoms with van der Waals surface area (Å²) in [5.41, 5.74) is 7.71. The Hall–Kier alpha value is -2.71. The molecule has 0 spiro atoms. The molecule has 128 valence electrons. The second kappa shape index (κ2) is 7.45. The van der Waals surface area contributed by atoms with E-state index in [1.54, 1.807) is 30.5 Å². The van der Waals surface area contributed by atoms with E-state index in [2.05, 4.69) is 19.9 Å². The number of nitrogens with one attached hydrogen (secondary N) is 2. The summed E-state index contributed by atoms with van der Waals surface area (Å²) in [6, 6.07) is 6.34. The maximum absolute atomic E-state index is 12.7. The summed E-state index contributed by atoms with van der Waals surface area (Å²) in [4.78, 5) is 24.1. The molecule has 0 saturated heterocycles. The Morgan fingerprint density at radius 3 is 2.88 bits per heavy atom. The summed E-state index contributed by atoms with van der Waals surface area (Å²) >= 11 is 7.28. The van der Waals surface area contributed by atoms with Gasteiger partial charge >= 0.3 is 0 Å². The smallest absolute Gasteiger partial charge is 0.255 e. The molecular weight excluding hydrogens is 362 g/mol. The molecular formula is C16H14ClN5O2S. The van der Waals surface area contributed by atoms with Gasteiger partial charge in [-0.25, -0.2) is 4.37 Å². The highest BCUT2D eigenvalue weighted by molar-refractivity contribution is 7.03. The molecule has 0 aliphatic carbocycles. The number of benzene rings is 1. The van der Waals surface area contributed by atoms with Crippen molar-refractivity contribution in [1.29, 1.82) is 0 Å². The first-order valence-electron chi connectivity index (χ1n) is 7.32. The minimum absolute atomic E-state index is 0.0424. The maximum Gasteiger partial charge on any atom is 0.255 e. The van der Waals surface area contributed by atoms with Crippen LogP contribution >= 0.6 is 23.1 Å². The van der Waals surface area contributed by atoms with Crippen molar-refractivity contribution in [2.45, 2.75) is 12.5 Å². The average Bonchev–Trinajstić information content (AvgIpc) is 3.24. The molecule has 3 aromatic rings. The molecule has 0 aliphatic heterocycles. The average molecular weight is 376 g/mol. The van der Waals surface area contributed by atoms with Gasteiger partial charge < -0.3 is 11.1 Å². The Morgan fingerprint density at radius 1 is 1.36 bits per heavy atom. The van der Waals surface area contributed by atoms with Gasteiger partial charge in [0.1, 0.15) is 0 Å². The van der Waals surface area contributed by atoms with Gasteiger partial charge in [-0.05, 0) is 29.2 Å². The summed E-state index contributed by atoms with van der Waals surface area (Å²) in [6.45, 7) is 0. The third-order valence-corrected chi connectivity index (χ3v) is 4.39. The number of rotatable bonds is 6. The molecule has 2 amide bonds. The van der Waals surface area contributed by atoms with Crippen LogP contribution in [0.25, 0.3) is 11.3 Å². The largest absolute Gasteiger partial charge is 0.370 e. The third kappa shape index (κ3) is 4.04. The predicted octanol–water partition coefficient (Wildman–Crippen LogP) is 2.53. The van der Waals surface area contributed by atoms with Crippen LogP contribution in [0.4, 0.5) is 0 Å². The number of H-pyrrole nitrogens is 1. The van der Waals surface area contributed by atoms with Crippen LogP contribution in [0.5, 0.6) is 0 Å². The Bertz CT molecular complexity index is 894. The van der Waals surface area contributed by atoms with Gasteiger partial charge in [-0.1, -0.05) is 23.7 Å². The minimum Gasteiger partial charge on any atom is -0.370 e. The number of carbonyl (C=O) groups excluding carboxylic acids is 2. The van der Waals surface area contributed by atoms with Crippen LogP contribution in [0.3, 0.4) is 0 Å². The molecule has 7 nitrogen and oxygen atoms in total. The van der Waals surface area contributed by atoms with E-state index in [0.29, 0.717) is 21.8 Å². The Balaban J connectivity index is 1.86. The number of hydrogen-bond acceptors (Lipinski definition) is 5. The van der Waals surface area contributed by atoms with Crippen LogP contribution in [0.15, 0.2) is 42.0 Å². The number of aromatic amines is 1. The van der Waals surface area contributed by atoms with Gasteiger partial charge in [0.25, 0.3) is 5.91 Å². The standard InChI is InChI=1S/C16H14ClN5O2S/c17-11-3-1-2-9(4-11)13(5-14(18)23)21-16(24)12-7-19-22-15(12)10-6-20-25-8-10/h1-4,6-8,13H,5H2,(H2,18,23)(H,19,22)(H,21,24)/t13-/m0/s1. The zero-order valence-electron chi connectivity index (χ0n) is 12.9. The molecule has 4 N–H and O–H groups in total. The fraction of sp³-hybridized carbons (Fsp3) is 0.125. The molecule has 0 aliphatic rings. The van der Waals surface area contributed by atoms with E-state index >= 15 is 0 Å². The lowest BCUT2D eigenvalue weighted by atomic mass is 10.0. The van der Waals surface area contributed by atoms with E-state index < -0.39 is 11.9 Å². The number of carbonyl (C=O) groups is 2. The number of aromatic nitrogens is 3. The summed E-state index contributed by atoms with van der Waals surface area (Å²) in [6.07, 6.45) is 3.04. The molecule has 25 heavy (non-hydrogen) atoms. The van der Waals surface area contributed by atoms with E-state index in [9.17, 15) is 9.59 Å². The highest BCUT2D eigenvalue weighted by atomic mass is 35.5. The molecule has 9 heteroatoms. The molecule has 1 aromatic carbocycles. The first-order chi connectivity index (χ1) is 12.0. The van der Waals surface area contributed by atoms with Gasteiger partial charge in [0, 0.05) is 16.0 Å². The van der Waals surface area contributed by atoms with Crippen molar-refractivity contribution in [2.75, 3.05) is 0 Å². The quantitative estimate of drug-likeness (QED) is 0.614. The second-order valence-corrected chi connectivity index (χ2v) is 6.42. The van der Waals surface area contributed by atoms with Crippen molar-refractivity contribution in [3.8, 4) is 11.3 Å². The number of primary amides is 1. The van der Waals surface area contributed by atoms with Crippen LogP contribution in [-0.2, 0) is 4.79 Å². The normalized spacial score (nSPS) is 11.9. The van der Waals surface area contributed by atoms with Crippen molar-refractivity contribution >= 4 is 34.9 Å². The molecule has 0 unspecified atom stereocenters. The Morgan fingerprint density at radius 2 is 2.20 bits per heavy atom. The molecule has 0 radical (unpaired) electrons. The zero-order chi connectivity index (χ0) is 17.8. The lowest BCUT2D eigenvalue weighted by Crippen LogP contribution is -2.31. The van der Waals surface area contributed by atoms with Crippen LogP contribution < -0.4 is 11.1 Å². The highest BCUT2D eigenvalue weighted by Gasteiger charge is 2.22. The predicted molar refractivity (Wildman–Crippen MR) is 95.2 cm³/mol. The topological polar surface area (TPSA) is 114 Å². The van der Waals surface area contributed by atoms with Crippen molar-refractivity contribution < 1.29 is 9.59 Å². The van der Waals surface area contributed by atoms with Gasteiger partial charge in [0.2, 0.25) is 5.91 Å². The second-order valence-electron chi connectivity index (χ2n) is 5.32. The summed E-state index contributed by atoms with van der Waals surface area (Å²) in [5.74, 6) is -0.902. The first kappa shape index (κ1) is 17.1. The molecule has 2 heterocycles. The van der Waals surface area contributed by atoms with Crippen molar-refractivity contribution in [3.05, 3.63) is 58.2 Å². The van der Waals surface area contributed by atoms with Gasteiger partial charge in [-0.2, -0.15) is 5.10 Å². The maximum atomic E-state index is 12.7. The fourth-order valence-electron chi connectivity index (χ4n) is 2.42. The molecule has 0 fully saturated rings. The number of nitrogens with zero attached hydrogens (tertiary/aromatic N) is 2.